The van der Waals surface area contributed by atoms with E-state index in [1.165, 1.54) is 48.3 Å². The summed E-state index contributed by atoms with van der Waals surface area (Å²) < 4.78 is 47.2. The number of anilines is 1. The van der Waals surface area contributed by atoms with E-state index in [9.17, 15) is 22.4 Å². The van der Waals surface area contributed by atoms with E-state index in [-0.39, 0.29) is 17.1 Å². The van der Waals surface area contributed by atoms with Crippen molar-refractivity contribution in [1.29, 1.82) is 0 Å². The number of ether oxygens (including phenoxy) is 1. The van der Waals surface area contributed by atoms with Crippen LogP contribution < -0.4 is 14.4 Å². The molecule has 0 unspecified atom stereocenters. The first-order valence-electron chi connectivity index (χ1n) is 11.7. The van der Waals surface area contributed by atoms with Crippen LogP contribution in [-0.2, 0) is 26.2 Å². The van der Waals surface area contributed by atoms with E-state index in [1.807, 2.05) is 6.92 Å². The van der Waals surface area contributed by atoms with Crippen molar-refractivity contribution in [2.24, 2.45) is 0 Å². The van der Waals surface area contributed by atoms with Gasteiger partial charge in [0.2, 0.25) is 11.8 Å². The minimum atomic E-state index is -4.14. The van der Waals surface area contributed by atoms with Crippen LogP contribution in [0.1, 0.15) is 19.4 Å². The van der Waals surface area contributed by atoms with Crippen LogP contribution in [0.15, 0.2) is 83.8 Å². The predicted octanol–water partition coefficient (Wildman–Crippen LogP) is 3.58. The molecular weight excluding hydrogens is 497 g/mol. The number of carbonyl (C=O) groups excluding carboxylic acids is 2. The van der Waals surface area contributed by atoms with Gasteiger partial charge in [0.15, 0.2) is 0 Å². The molecule has 8 nitrogen and oxygen atoms in total. The lowest BCUT2D eigenvalue weighted by Gasteiger charge is -2.31. The van der Waals surface area contributed by atoms with E-state index in [0.29, 0.717) is 17.9 Å². The molecule has 0 radical (unpaired) electrons. The number of rotatable bonds is 11. The maximum Gasteiger partial charge on any atom is 0.264 e. The minimum Gasteiger partial charge on any atom is -0.494 e. The number of carbonyl (C=O) groups is 2. The van der Waals surface area contributed by atoms with Crippen LogP contribution in [-0.4, -0.2) is 51.4 Å². The van der Waals surface area contributed by atoms with Gasteiger partial charge in [-0.15, -0.1) is 0 Å². The molecule has 10 heteroatoms. The van der Waals surface area contributed by atoms with Crippen molar-refractivity contribution in [2.45, 2.75) is 31.3 Å². The Hall–Kier alpha value is -3.92. The van der Waals surface area contributed by atoms with Gasteiger partial charge < -0.3 is 15.0 Å². The Morgan fingerprint density at radius 3 is 2.16 bits per heavy atom. The zero-order valence-electron chi connectivity index (χ0n) is 20.9. The van der Waals surface area contributed by atoms with Crippen LogP contribution in [0.3, 0.4) is 0 Å². The molecule has 1 atom stereocenters. The molecule has 3 rings (SSSR count). The van der Waals surface area contributed by atoms with Crippen molar-refractivity contribution in [3.05, 3.63) is 90.2 Å². The van der Waals surface area contributed by atoms with Crippen molar-refractivity contribution < 1.29 is 27.1 Å². The number of nitrogens with zero attached hydrogens (tertiary/aromatic N) is 2. The van der Waals surface area contributed by atoms with E-state index in [0.717, 1.165) is 4.31 Å². The van der Waals surface area contributed by atoms with Crippen LogP contribution in [0.4, 0.5) is 10.1 Å². The topological polar surface area (TPSA) is 96.0 Å². The fraction of sp³-hybridized carbons (Fsp3) is 0.259. The van der Waals surface area contributed by atoms with E-state index in [1.54, 1.807) is 49.4 Å². The van der Waals surface area contributed by atoms with Crippen LogP contribution in [0.2, 0.25) is 0 Å². The molecule has 1 N–H and O–H groups in total. The first-order valence-corrected chi connectivity index (χ1v) is 13.2. The van der Waals surface area contributed by atoms with Crippen molar-refractivity contribution in [1.82, 2.24) is 10.2 Å². The van der Waals surface area contributed by atoms with Gasteiger partial charge in [0.05, 0.1) is 17.2 Å². The Balaban J connectivity index is 2.01. The largest absolute Gasteiger partial charge is 0.494 e. The van der Waals surface area contributed by atoms with E-state index >= 15 is 0 Å². The highest BCUT2D eigenvalue weighted by Crippen LogP contribution is 2.26. The number of amides is 2. The molecule has 2 amide bonds. The highest BCUT2D eigenvalue weighted by atomic mass is 32.2. The lowest BCUT2D eigenvalue weighted by Crippen LogP contribution is -2.50. The van der Waals surface area contributed by atoms with Crippen molar-refractivity contribution in [3.8, 4) is 5.75 Å². The fourth-order valence-electron chi connectivity index (χ4n) is 3.70. The second kappa shape index (κ2) is 12.4. The fourth-order valence-corrected chi connectivity index (χ4v) is 5.14. The smallest absolute Gasteiger partial charge is 0.264 e. The summed E-state index contributed by atoms with van der Waals surface area (Å²) in [6.45, 7) is 3.25. The first kappa shape index (κ1) is 27.7. The summed E-state index contributed by atoms with van der Waals surface area (Å²) in [4.78, 5) is 27.4. The molecule has 0 bridgehead atoms. The number of likely N-dealkylation sites (N-methyl/N-ethyl adjacent to an activating group) is 1. The number of nitrogens with one attached hydrogen (secondary N) is 1. The lowest BCUT2D eigenvalue weighted by molar-refractivity contribution is -0.139. The van der Waals surface area contributed by atoms with Crippen LogP contribution >= 0.6 is 0 Å². The summed E-state index contributed by atoms with van der Waals surface area (Å²) in [7, 11) is -2.69. The highest BCUT2D eigenvalue weighted by molar-refractivity contribution is 7.92. The standard InChI is InChI=1S/C27H30FN3O5S/c1-4-36-24-16-14-23(15-17-24)31(37(34,35)25-8-6-5-7-9-25)19-26(32)30(20(2)27(33)29-3)18-21-10-12-22(28)13-11-21/h5-17,20H,4,18-19H2,1-3H3,(H,29,33)/t20-/m1/s1. The molecule has 196 valence electrons. The molecule has 0 aliphatic carbocycles. The monoisotopic (exact) mass is 527 g/mol. The first-order chi connectivity index (χ1) is 17.7. The van der Waals surface area contributed by atoms with Crippen LogP contribution in [0.5, 0.6) is 5.75 Å². The third-order valence-electron chi connectivity index (χ3n) is 5.73. The molecule has 0 saturated heterocycles. The normalized spacial score (nSPS) is 11.9. The van der Waals surface area contributed by atoms with Crippen molar-refractivity contribution in [3.63, 3.8) is 0 Å². The van der Waals surface area contributed by atoms with Gasteiger partial charge in [-0.1, -0.05) is 30.3 Å². The number of sulfonamides is 1. The number of benzene rings is 3. The molecule has 0 aromatic heterocycles. The summed E-state index contributed by atoms with van der Waals surface area (Å²) in [6, 6.07) is 18.8. The lowest BCUT2D eigenvalue weighted by atomic mass is 10.1. The molecule has 0 aliphatic heterocycles. The summed E-state index contributed by atoms with van der Waals surface area (Å²) in [5.74, 6) is -0.903. The molecule has 0 spiro atoms. The molecule has 37 heavy (non-hydrogen) atoms. The average Bonchev–Trinajstić information content (AvgIpc) is 2.91. The quantitative estimate of drug-likeness (QED) is 0.411. The van der Waals surface area contributed by atoms with Gasteiger partial charge in [0.1, 0.15) is 24.2 Å². The Morgan fingerprint density at radius 2 is 1.59 bits per heavy atom. The molecule has 0 saturated carbocycles. The third-order valence-corrected chi connectivity index (χ3v) is 7.51. The summed E-state index contributed by atoms with van der Waals surface area (Å²) in [6.07, 6.45) is 0. The zero-order valence-corrected chi connectivity index (χ0v) is 21.7. The van der Waals surface area contributed by atoms with Crippen molar-refractivity contribution >= 4 is 27.5 Å². The molecule has 0 heterocycles. The van der Waals surface area contributed by atoms with E-state index in [2.05, 4.69) is 5.32 Å². The minimum absolute atomic E-state index is 0.0149. The summed E-state index contributed by atoms with van der Waals surface area (Å²) in [5.41, 5.74) is 0.846. The number of hydrogen-bond acceptors (Lipinski definition) is 5. The Bertz CT molecular complexity index is 1300. The average molecular weight is 528 g/mol. The van der Waals surface area contributed by atoms with Gasteiger partial charge >= 0.3 is 0 Å². The molecule has 0 aliphatic rings. The van der Waals surface area contributed by atoms with E-state index in [4.69, 9.17) is 4.74 Å². The SMILES string of the molecule is CCOc1ccc(N(CC(=O)N(Cc2ccc(F)cc2)[C@H](C)C(=O)NC)S(=O)(=O)c2ccccc2)cc1. The second-order valence-corrected chi connectivity index (χ2v) is 10.1. The maximum absolute atomic E-state index is 13.7. The second-order valence-electron chi connectivity index (χ2n) is 8.19. The summed E-state index contributed by atoms with van der Waals surface area (Å²) >= 11 is 0. The van der Waals surface area contributed by atoms with Crippen molar-refractivity contribution in [2.75, 3.05) is 24.5 Å². The highest BCUT2D eigenvalue weighted by Gasteiger charge is 2.32. The van der Waals surface area contributed by atoms with Gasteiger partial charge in [0.25, 0.3) is 10.0 Å². The Labute approximate surface area is 216 Å². The molecule has 3 aromatic carbocycles. The zero-order chi connectivity index (χ0) is 27.0. The predicted molar refractivity (Wildman–Crippen MR) is 139 cm³/mol. The molecular formula is C27H30FN3O5S. The molecule has 3 aromatic rings. The number of halogens is 1. The Morgan fingerprint density at radius 1 is 0.973 bits per heavy atom. The van der Waals surface area contributed by atoms with Gasteiger partial charge in [-0.3, -0.25) is 13.9 Å². The maximum atomic E-state index is 13.7. The Kier molecular flexibility index (Phi) is 9.24. The van der Waals surface area contributed by atoms with Gasteiger partial charge in [-0.25, -0.2) is 12.8 Å². The number of hydrogen-bond donors (Lipinski definition) is 1. The van der Waals surface area contributed by atoms with Crippen LogP contribution in [0.25, 0.3) is 0 Å². The van der Waals surface area contributed by atoms with Gasteiger partial charge in [-0.2, -0.15) is 0 Å². The van der Waals surface area contributed by atoms with Gasteiger partial charge in [-0.05, 0) is 67.9 Å². The third kappa shape index (κ3) is 6.85. The van der Waals surface area contributed by atoms with E-state index < -0.39 is 40.2 Å². The van der Waals surface area contributed by atoms with Crippen LogP contribution in [0, 0.1) is 5.82 Å². The molecule has 0 fully saturated rings. The summed E-state index contributed by atoms with van der Waals surface area (Å²) in [5, 5.41) is 2.52. The van der Waals surface area contributed by atoms with Gasteiger partial charge in [0, 0.05) is 13.6 Å².